The van der Waals surface area contributed by atoms with E-state index in [1.54, 1.807) is 19.2 Å². The molecule has 0 fully saturated rings. The zero-order chi connectivity index (χ0) is 15.1. The van der Waals surface area contributed by atoms with Crippen LogP contribution in [0.3, 0.4) is 0 Å². The zero-order valence-corrected chi connectivity index (χ0v) is 12.7. The highest BCUT2D eigenvalue weighted by molar-refractivity contribution is 7.98. The molecule has 2 rings (SSSR count). The van der Waals surface area contributed by atoms with Gasteiger partial charge < -0.3 is 9.84 Å². The van der Waals surface area contributed by atoms with Crippen molar-refractivity contribution in [2.24, 2.45) is 0 Å². The second-order valence-electron chi connectivity index (χ2n) is 4.59. The van der Waals surface area contributed by atoms with Crippen molar-refractivity contribution in [2.75, 3.05) is 19.5 Å². The first kappa shape index (κ1) is 15.6. The monoisotopic (exact) mass is 302 g/mol. The van der Waals surface area contributed by atoms with Gasteiger partial charge >= 0.3 is 5.97 Å². The van der Waals surface area contributed by atoms with Gasteiger partial charge in [0.05, 0.1) is 12.2 Å². The molecule has 0 atom stereocenters. The molecule has 0 bridgehead atoms. The van der Waals surface area contributed by atoms with Gasteiger partial charge in [-0.1, -0.05) is 42.5 Å². The van der Waals surface area contributed by atoms with Crippen molar-refractivity contribution in [3.8, 4) is 11.1 Å². The first-order valence-electron chi connectivity index (χ1n) is 6.70. The third-order valence-electron chi connectivity index (χ3n) is 3.12. The van der Waals surface area contributed by atoms with Crippen LogP contribution in [-0.2, 0) is 10.5 Å². The lowest BCUT2D eigenvalue weighted by molar-refractivity contribution is 0.0697. The molecule has 110 valence electrons. The number of aromatic carboxylic acids is 1. The second-order valence-corrected chi connectivity index (χ2v) is 5.70. The Morgan fingerprint density at radius 1 is 1.14 bits per heavy atom. The Kier molecular flexibility index (Phi) is 5.84. The largest absolute Gasteiger partial charge is 0.478 e. The highest BCUT2D eigenvalue weighted by atomic mass is 32.2. The summed E-state index contributed by atoms with van der Waals surface area (Å²) in [6, 6.07) is 15.1. The minimum Gasteiger partial charge on any atom is -0.478 e. The van der Waals surface area contributed by atoms with Crippen LogP contribution in [0.5, 0.6) is 0 Å². The van der Waals surface area contributed by atoms with Crippen molar-refractivity contribution in [2.45, 2.75) is 5.75 Å². The van der Waals surface area contributed by atoms with E-state index < -0.39 is 5.97 Å². The molecule has 0 spiro atoms. The van der Waals surface area contributed by atoms with Gasteiger partial charge in [0.1, 0.15) is 0 Å². The van der Waals surface area contributed by atoms with Crippen molar-refractivity contribution in [3.05, 3.63) is 59.7 Å². The summed E-state index contributed by atoms with van der Waals surface area (Å²) < 4.78 is 5.02. The van der Waals surface area contributed by atoms with Gasteiger partial charge in [0.15, 0.2) is 0 Å². The average Bonchev–Trinajstić information content (AvgIpc) is 2.52. The maximum atomic E-state index is 11.2. The molecule has 2 aromatic carbocycles. The second kappa shape index (κ2) is 7.86. The standard InChI is InChI=1S/C17H18O3S/c1-20-10-11-21-12-13-6-8-14(9-7-13)15-4-2-3-5-16(15)17(18)19/h2-9H,10-12H2,1H3,(H,18,19). The van der Waals surface area contributed by atoms with Crippen LogP contribution in [0.4, 0.5) is 0 Å². The number of thioether (sulfide) groups is 1. The van der Waals surface area contributed by atoms with Crippen molar-refractivity contribution in [3.63, 3.8) is 0 Å². The summed E-state index contributed by atoms with van der Waals surface area (Å²) >= 11 is 1.82. The van der Waals surface area contributed by atoms with E-state index in [1.807, 2.05) is 48.2 Å². The van der Waals surface area contributed by atoms with Crippen molar-refractivity contribution >= 4 is 17.7 Å². The number of hydrogen-bond donors (Lipinski definition) is 1. The summed E-state index contributed by atoms with van der Waals surface area (Å²) in [5.74, 6) is 1.01. The van der Waals surface area contributed by atoms with Gasteiger partial charge in [0.25, 0.3) is 0 Å². The van der Waals surface area contributed by atoms with Crippen molar-refractivity contribution in [1.82, 2.24) is 0 Å². The first-order chi connectivity index (χ1) is 10.2. The Morgan fingerprint density at radius 2 is 1.86 bits per heavy atom. The van der Waals surface area contributed by atoms with Crippen LogP contribution < -0.4 is 0 Å². The average molecular weight is 302 g/mol. The number of rotatable bonds is 7. The molecule has 0 saturated carbocycles. The lowest BCUT2D eigenvalue weighted by Gasteiger charge is -2.07. The van der Waals surface area contributed by atoms with Crippen LogP contribution in [0.2, 0.25) is 0 Å². The number of carbonyl (C=O) groups is 1. The number of hydrogen-bond acceptors (Lipinski definition) is 3. The van der Waals surface area contributed by atoms with Crippen LogP contribution in [0.15, 0.2) is 48.5 Å². The smallest absolute Gasteiger partial charge is 0.336 e. The molecule has 0 radical (unpaired) electrons. The van der Waals surface area contributed by atoms with Gasteiger partial charge in [-0.25, -0.2) is 4.79 Å². The summed E-state index contributed by atoms with van der Waals surface area (Å²) in [7, 11) is 1.70. The normalized spacial score (nSPS) is 10.5. The molecule has 0 aliphatic carbocycles. The summed E-state index contributed by atoms with van der Waals surface area (Å²) in [6.07, 6.45) is 0. The zero-order valence-electron chi connectivity index (χ0n) is 11.9. The van der Waals surface area contributed by atoms with E-state index in [0.29, 0.717) is 5.56 Å². The predicted molar refractivity (Wildman–Crippen MR) is 86.9 cm³/mol. The molecule has 1 N–H and O–H groups in total. The topological polar surface area (TPSA) is 46.5 Å². The SMILES string of the molecule is COCCSCc1ccc(-c2ccccc2C(=O)O)cc1. The molecule has 2 aromatic rings. The van der Waals surface area contributed by atoms with E-state index in [1.165, 1.54) is 5.56 Å². The molecular weight excluding hydrogens is 284 g/mol. The Morgan fingerprint density at radius 3 is 2.52 bits per heavy atom. The number of methoxy groups -OCH3 is 1. The minimum absolute atomic E-state index is 0.333. The van der Waals surface area contributed by atoms with Crippen LogP contribution in [0, 0.1) is 0 Å². The molecular formula is C17H18O3S. The van der Waals surface area contributed by atoms with Gasteiger partial charge in [-0.05, 0) is 22.8 Å². The van der Waals surface area contributed by atoms with E-state index in [9.17, 15) is 9.90 Å². The van der Waals surface area contributed by atoms with E-state index in [4.69, 9.17) is 4.74 Å². The maximum Gasteiger partial charge on any atom is 0.336 e. The molecule has 0 aliphatic heterocycles. The van der Waals surface area contributed by atoms with Crippen LogP contribution in [0.1, 0.15) is 15.9 Å². The van der Waals surface area contributed by atoms with Gasteiger partial charge in [0, 0.05) is 18.6 Å². The molecule has 3 nitrogen and oxygen atoms in total. The van der Waals surface area contributed by atoms with Gasteiger partial charge in [-0.15, -0.1) is 0 Å². The van der Waals surface area contributed by atoms with E-state index in [0.717, 1.165) is 29.2 Å². The molecule has 21 heavy (non-hydrogen) atoms. The summed E-state index contributed by atoms with van der Waals surface area (Å²) in [6.45, 7) is 0.759. The van der Waals surface area contributed by atoms with Crippen molar-refractivity contribution < 1.29 is 14.6 Å². The fourth-order valence-electron chi connectivity index (χ4n) is 2.03. The number of carboxylic acid groups (broad SMARTS) is 1. The molecule has 4 heteroatoms. The highest BCUT2D eigenvalue weighted by Crippen LogP contribution is 2.25. The number of benzene rings is 2. The number of carboxylic acids is 1. The summed E-state index contributed by atoms with van der Waals surface area (Å²) in [5, 5.41) is 9.23. The lowest BCUT2D eigenvalue weighted by atomic mass is 9.99. The molecule has 0 unspecified atom stereocenters. The van der Waals surface area contributed by atoms with Crippen molar-refractivity contribution in [1.29, 1.82) is 0 Å². The molecule has 0 aliphatic rings. The molecule has 0 heterocycles. The number of ether oxygens (including phenoxy) is 1. The van der Waals surface area contributed by atoms with Gasteiger partial charge in [-0.3, -0.25) is 0 Å². The van der Waals surface area contributed by atoms with E-state index >= 15 is 0 Å². The summed E-state index contributed by atoms with van der Waals surface area (Å²) in [4.78, 5) is 11.2. The quantitative estimate of drug-likeness (QED) is 0.787. The third-order valence-corrected chi connectivity index (χ3v) is 4.12. The maximum absolute atomic E-state index is 11.2. The fourth-order valence-corrected chi connectivity index (χ4v) is 2.89. The molecule has 0 aromatic heterocycles. The molecule has 0 amide bonds. The van der Waals surface area contributed by atoms with Gasteiger partial charge in [0.2, 0.25) is 0 Å². The predicted octanol–water partition coefficient (Wildman–Crippen LogP) is 3.93. The van der Waals surface area contributed by atoms with Crippen LogP contribution >= 0.6 is 11.8 Å². The van der Waals surface area contributed by atoms with E-state index in [-0.39, 0.29) is 0 Å². The van der Waals surface area contributed by atoms with Gasteiger partial charge in [-0.2, -0.15) is 11.8 Å². The first-order valence-corrected chi connectivity index (χ1v) is 7.86. The minimum atomic E-state index is -0.898. The lowest BCUT2D eigenvalue weighted by Crippen LogP contribution is -1.99. The Hall–Kier alpha value is -1.78. The Bertz CT molecular complexity index is 593. The molecule has 0 saturated heterocycles. The van der Waals surface area contributed by atoms with E-state index in [2.05, 4.69) is 0 Å². The fraction of sp³-hybridized carbons (Fsp3) is 0.235. The Balaban J connectivity index is 2.10. The third kappa shape index (κ3) is 4.34. The Labute approximate surface area is 129 Å². The van der Waals surface area contributed by atoms with Crippen LogP contribution in [0.25, 0.3) is 11.1 Å². The summed E-state index contributed by atoms with van der Waals surface area (Å²) in [5.41, 5.74) is 3.25. The highest BCUT2D eigenvalue weighted by Gasteiger charge is 2.10. The van der Waals surface area contributed by atoms with Crippen LogP contribution in [-0.4, -0.2) is 30.5 Å².